The quantitative estimate of drug-likeness (QED) is 0.780. The van der Waals surface area contributed by atoms with Crippen LogP contribution in [-0.4, -0.2) is 26.7 Å². The van der Waals surface area contributed by atoms with Gasteiger partial charge in [0.05, 0.1) is 0 Å². The van der Waals surface area contributed by atoms with E-state index in [1.807, 2.05) is 20.0 Å². The highest BCUT2D eigenvalue weighted by atomic mass is 16.3. The first-order chi connectivity index (χ1) is 8.47. The van der Waals surface area contributed by atoms with Gasteiger partial charge in [-0.2, -0.15) is 0 Å². The molecule has 1 aromatic heterocycles. The minimum absolute atomic E-state index is 0.0595. The molecule has 2 N–H and O–H groups in total. The lowest BCUT2D eigenvalue weighted by molar-refractivity contribution is 0.339. The van der Waals surface area contributed by atoms with Crippen LogP contribution < -0.4 is 10.6 Å². The fourth-order valence-corrected chi connectivity index (χ4v) is 2.49. The van der Waals surface area contributed by atoms with Crippen LogP contribution in [-0.2, 0) is 5.41 Å². The van der Waals surface area contributed by atoms with Gasteiger partial charge in [-0.1, -0.05) is 13.8 Å². The molecule has 1 saturated carbocycles. The average molecular weight is 250 g/mol. The molecule has 18 heavy (non-hydrogen) atoms. The van der Waals surface area contributed by atoms with E-state index in [1.54, 1.807) is 0 Å². The number of rotatable bonds is 7. The zero-order chi connectivity index (χ0) is 13.2. The van der Waals surface area contributed by atoms with Gasteiger partial charge in [0.1, 0.15) is 11.5 Å². The Morgan fingerprint density at radius 2 is 2.00 bits per heavy atom. The van der Waals surface area contributed by atoms with E-state index >= 15 is 0 Å². The van der Waals surface area contributed by atoms with Crippen LogP contribution >= 0.6 is 0 Å². The third-order valence-electron chi connectivity index (χ3n) is 3.98. The monoisotopic (exact) mass is 250 g/mol. The summed E-state index contributed by atoms with van der Waals surface area (Å²) in [5.74, 6) is 2.07. The van der Waals surface area contributed by atoms with Gasteiger partial charge in [0.15, 0.2) is 0 Å². The molecule has 0 unspecified atom stereocenters. The Morgan fingerprint density at radius 3 is 2.50 bits per heavy atom. The van der Waals surface area contributed by atoms with Crippen molar-refractivity contribution in [1.29, 1.82) is 0 Å². The van der Waals surface area contributed by atoms with Crippen LogP contribution in [0.1, 0.15) is 38.2 Å². The highest BCUT2D eigenvalue weighted by Gasteiger charge is 2.41. The Labute approximate surface area is 110 Å². The second-order valence-electron chi connectivity index (χ2n) is 6.43. The second-order valence-corrected chi connectivity index (χ2v) is 6.43. The first-order valence-corrected chi connectivity index (χ1v) is 6.90. The van der Waals surface area contributed by atoms with Gasteiger partial charge in [-0.05, 0) is 44.4 Å². The zero-order valence-electron chi connectivity index (χ0n) is 12.1. The smallest absolute Gasteiger partial charge is 0.111 e. The molecule has 1 fully saturated rings. The van der Waals surface area contributed by atoms with E-state index in [-0.39, 0.29) is 5.41 Å². The van der Waals surface area contributed by atoms with Crippen molar-refractivity contribution in [1.82, 2.24) is 10.6 Å². The lowest BCUT2D eigenvalue weighted by atomic mass is 9.90. The Kier molecular flexibility index (Phi) is 3.83. The summed E-state index contributed by atoms with van der Waals surface area (Å²) in [6.45, 7) is 9.66. The molecule has 0 saturated heterocycles. The summed E-state index contributed by atoms with van der Waals surface area (Å²) in [4.78, 5) is 0. The first kappa shape index (κ1) is 13.6. The summed E-state index contributed by atoms with van der Waals surface area (Å²) in [5.41, 5.74) is 0.577. The molecular weight excluding hydrogens is 224 g/mol. The van der Waals surface area contributed by atoms with Crippen LogP contribution in [0.5, 0.6) is 0 Å². The molecule has 3 nitrogen and oxygen atoms in total. The molecule has 0 spiro atoms. The summed E-state index contributed by atoms with van der Waals surface area (Å²) in [5, 5.41) is 6.92. The van der Waals surface area contributed by atoms with Crippen molar-refractivity contribution in [3.05, 3.63) is 23.7 Å². The van der Waals surface area contributed by atoms with E-state index in [0.29, 0.717) is 5.41 Å². The van der Waals surface area contributed by atoms with E-state index in [2.05, 4.69) is 30.5 Å². The molecule has 1 aliphatic rings. The molecule has 1 aliphatic carbocycles. The Balaban J connectivity index is 1.82. The van der Waals surface area contributed by atoms with Crippen molar-refractivity contribution in [2.75, 3.05) is 26.7 Å². The van der Waals surface area contributed by atoms with Gasteiger partial charge in [0.2, 0.25) is 0 Å². The van der Waals surface area contributed by atoms with Gasteiger partial charge in [-0.15, -0.1) is 0 Å². The summed E-state index contributed by atoms with van der Waals surface area (Å²) in [7, 11) is 2.04. The molecule has 0 aliphatic heterocycles. The van der Waals surface area contributed by atoms with Gasteiger partial charge >= 0.3 is 0 Å². The van der Waals surface area contributed by atoms with Crippen molar-refractivity contribution >= 4 is 0 Å². The summed E-state index contributed by atoms with van der Waals surface area (Å²) >= 11 is 0. The molecule has 0 bridgehead atoms. The number of furan rings is 1. The maximum atomic E-state index is 5.74. The van der Waals surface area contributed by atoms with Crippen LogP contribution in [0.3, 0.4) is 0 Å². The topological polar surface area (TPSA) is 37.2 Å². The largest absolute Gasteiger partial charge is 0.466 e. The zero-order valence-corrected chi connectivity index (χ0v) is 12.1. The van der Waals surface area contributed by atoms with Crippen LogP contribution in [0.15, 0.2) is 16.5 Å². The SMILES string of the molecule is CNCC1(CNCC(C)(C)c2ccc(C)o2)CC1. The lowest BCUT2D eigenvalue weighted by Gasteiger charge is -2.24. The molecule has 2 rings (SSSR count). The van der Waals surface area contributed by atoms with Gasteiger partial charge in [0.25, 0.3) is 0 Å². The third-order valence-corrected chi connectivity index (χ3v) is 3.98. The molecule has 3 heteroatoms. The van der Waals surface area contributed by atoms with Crippen LogP contribution in [0.2, 0.25) is 0 Å². The number of aryl methyl sites for hydroxylation is 1. The predicted molar refractivity (Wildman–Crippen MR) is 74.9 cm³/mol. The summed E-state index contributed by atoms with van der Waals surface area (Å²) < 4.78 is 5.74. The van der Waals surface area contributed by atoms with Gasteiger partial charge < -0.3 is 15.1 Å². The first-order valence-electron chi connectivity index (χ1n) is 6.90. The highest BCUT2D eigenvalue weighted by molar-refractivity contribution is 5.15. The molecule has 1 aromatic rings. The molecule has 0 atom stereocenters. The summed E-state index contributed by atoms with van der Waals surface area (Å²) in [6, 6.07) is 4.14. The number of hydrogen-bond acceptors (Lipinski definition) is 3. The lowest BCUT2D eigenvalue weighted by Crippen LogP contribution is -2.38. The Bertz CT molecular complexity index is 391. The maximum Gasteiger partial charge on any atom is 0.111 e. The van der Waals surface area contributed by atoms with Crippen molar-refractivity contribution in [3.63, 3.8) is 0 Å². The molecule has 102 valence electrons. The molecule has 0 aromatic carbocycles. The Morgan fingerprint density at radius 1 is 1.28 bits per heavy atom. The summed E-state index contributed by atoms with van der Waals surface area (Å²) in [6.07, 6.45) is 2.70. The third kappa shape index (κ3) is 3.15. The second kappa shape index (κ2) is 5.06. The predicted octanol–water partition coefficient (Wildman–Crippen LogP) is 2.45. The minimum Gasteiger partial charge on any atom is -0.466 e. The molecule has 1 heterocycles. The van der Waals surface area contributed by atoms with Crippen molar-refractivity contribution in [3.8, 4) is 0 Å². The van der Waals surface area contributed by atoms with Crippen molar-refractivity contribution in [2.45, 2.75) is 39.0 Å². The molecule has 0 amide bonds. The van der Waals surface area contributed by atoms with E-state index < -0.39 is 0 Å². The fourth-order valence-electron chi connectivity index (χ4n) is 2.49. The van der Waals surface area contributed by atoms with Crippen LogP contribution in [0.25, 0.3) is 0 Å². The van der Waals surface area contributed by atoms with E-state index in [0.717, 1.165) is 31.2 Å². The van der Waals surface area contributed by atoms with E-state index in [9.17, 15) is 0 Å². The van der Waals surface area contributed by atoms with Gasteiger partial charge in [0, 0.05) is 25.0 Å². The maximum absolute atomic E-state index is 5.74. The molecule has 0 radical (unpaired) electrons. The van der Waals surface area contributed by atoms with Gasteiger partial charge in [-0.25, -0.2) is 0 Å². The molecular formula is C15H26N2O. The minimum atomic E-state index is 0.0595. The average Bonchev–Trinajstić information content (AvgIpc) is 2.89. The van der Waals surface area contributed by atoms with Crippen LogP contribution in [0, 0.1) is 12.3 Å². The highest BCUT2D eigenvalue weighted by Crippen LogP contribution is 2.44. The Hall–Kier alpha value is -0.800. The van der Waals surface area contributed by atoms with Gasteiger partial charge in [-0.3, -0.25) is 0 Å². The fraction of sp³-hybridized carbons (Fsp3) is 0.733. The van der Waals surface area contributed by atoms with Crippen LogP contribution in [0.4, 0.5) is 0 Å². The van der Waals surface area contributed by atoms with E-state index in [1.165, 1.54) is 12.8 Å². The normalized spacial score (nSPS) is 18.0. The van der Waals surface area contributed by atoms with Crippen molar-refractivity contribution in [2.24, 2.45) is 5.41 Å². The van der Waals surface area contributed by atoms with E-state index in [4.69, 9.17) is 4.42 Å². The number of nitrogens with one attached hydrogen (secondary N) is 2. The van der Waals surface area contributed by atoms with Crippen molar-refractivity contribution < 1.29 is 4.42 Å². The number of hydrogen-bond donors (Lipinski definition) is 2. The standard InChI is InChI=1S/C15H26N2O/c1-12-5-6-13(18-12)14(2,3)9-17-11-15(7-8-15)10-16-4/h5-6,16-17H,7-11H2,1-4H3.